The number of carbonyl (C=O) groups is 2. The van der Waals surface area contributed by atoms with Gasteiger partial charge in [0.1, 0.15) is 0 Å². The van der Waals surface area contributed by atoms with Gasteiger partial charge in [0.15, 0.2) is 0 Å². The van der Waals surface area contributed by atoms with Crippen LogP contribution in [0.5, 0.6) is 0 Å². The van der Waals surface area contributed by atoms with E-state index in [1.54, 1.807) is 0 Å². The summed E-state index contributed by atoms with van der Waals surface area (Å²) >= 11 is 0. The summed E-state index contributed by atoms with van der Waals surface area (Å²) in [5.74, 6) is -1.04. The third-order valence-electron chi connectivity index (χ3n) is 4.94. The maximum Gasteiger partial charge on any atom is 0.315 e. The number of hydrogen-bond acceptors (Lipinski definition) is 3. The lowest BCUT2D eigenvalue weighted by molar-refractivity contribution is -0.127. The normalized spacial score (nSPS) is 11.4. The van der Waals surface area contributed by atoms with Crippen molar-refractivity contribution < 1.29 is 9.59 Å². The van der Waals surface area contributed by atoms with E-state index in [1.807, 2.05) is 70.2 Å². The summed E-state index contributed by atoms with van der Waals surface area (Å²) in [4.78, 5) is 26.6. The van der Waals surface area contributed by atoms with E-state index in [4.69, 9.17) is 0 Å². The molecule has 1 amide bonds. The van der Waals surface area contributed by atoms with Gasteiger partial charge in [-0.3, -0.25) is 9.59 Å². The van der Waals surface area contributed by atoms with E-state index in [2.05, 4.69) is 12.0 Å². The molecule has 2 aromatic rings. The molecule has 4 nitrogen and oxygen atoms in total. The van der Waals surface area contributed by atoms with E-state index in [9.17, 15) is 9.59 Å². The number of amides is 1. The summed E-state index contributed by atoms with van der Waals surface area (Å²) in [5, 5.41) is 5.85. The Bertz CT molecular complexity index is 860. The monoisotopic (exact) mass is 392 g/mol. The molecule has 0 radical (unpaired) electrons. The lowest BCUT2D eigenvalue weighted by atomic mass is 9.92. The molecule has 0 aromatic heterocycles. The minimum absolute atomic E-state index is 0.279. The Kier molecular flexibility index (Phi) is 8.32. The van der Waals surface area contributed by atoms with E-state index >= 15 is 0 Å². The van der Waals surface area contributed by atoms with E-state index in [-0.39, 0.29) is 6.54 Å². The van der Waals surface area contributed by atoms with Gasteiger partial charge in [-0.05, 0) is 49.8 Å². The van der Waals surface area contributed by atoms with Gasteiger partial charge < -0.3 is 0 Å². The van der Waals surface area contributed by atoms with Crippen LogP contribution in [0, 0.1) is 6.92 Å². The Balaban J connectivity index is 2.45. The van der Waals surface area contributed by atoms with E-state index in [0.29, 0.717) is 18.4 Å². The molecule has 0 unspecified atom stereocenters. The third-order valence-corrected chi connectivity index (χ3v) is 4.94. The van der Waals surface area contributed by atoms with Crippen molar-refractivity contribution in [3.63, 3.8) is 0 Å². The second-order valence-electron chi connectivity index (χ2n) is 7.43. The molecule has 4 heteroatoms. The fourth-order valence-corrected chi connectivity index (χ4v) is 3.54. The molecule has 0 saturated heterocycles. The van der Waals surface area contributed by atoms with Crippen molar-refractivity contribution in [1.82, 2.24) is 5.01 Å². The Hall–Kier alpha value is -2.75. The lowest BCUT2D eigenvalue weighted by Crippen LogP contribution is -2.34. The minimum atomic E-state index is -0.572. The molecule has 0 aliphatic rings. The molecule has 0 saturated carbocycles. The number of rotatable bonds is 9. The summed E-state index contributed by atoms with van der Waals surface area (Å²) < 4.78 is 0. The van der Waals surface area contributed by atoms with Gasteiger partial charge in [-0.1, -0.05) is 75.2 Å². The third kappa shape index (κ3) is 5.86. The summed E-state index contributed by atoms with van der Waals surface area (Å²) in [6.45, 7) is 10.3. The molecule has 2 aromatic carbocycles. The molecular formula is C25H32N2O2. The van der Waals surface area contributed by atoms with Crippen LogP contribution >= 0.6 is 0 Å². The first kappa shape index (κ1) is 22.5. The quantitative estimate of drug-likeness (QED) is 0.245. The Morgan fingerprint density at radius 3 is 2.07 bits per heavy atom. The fraction of sp³-hybridized carbons (Fsp3) is 0.400. The molecule has 29 heavy (non-hydrogen) atoms. The zero-order valence-electron chi connectivity index (χ0n) is 18.3. The highest BCUT2D eigenvalue weighted by molar-refractivity contribution is 6.43. The molecule has 0 N–H and O–H groups in total. The van der Waals surface area contributed by atoms with Crippen molar-refractivity contribution in [3.05, 3.63) is 70.3 Å². The van der Waals surface area contributed by atoms with Gasteiger partial charge in [0.2, 0.25) is 0 Å². The van der Waals surface area contributed by atoms with Gasteiger partial charge in [0, 0.05) is 11.3 Å². The van der Waals surface area contributed by atoms with Crippen LogP contribution in [0.1, 0.15) is 73.1 Å². The van der Waals surface area contributed by atoms with Crippen molar-refractivity contribution >= 4 is 17.4 Å². The van der Waals surface area contributed by atoms with Gasteiger partial charge >= 0.3 is 5.91 Å². The lowest BCUT2D eigenvalue weighted by Gasteiger charge is -2.20. The van der Waals surface area contributed by atoms with Crippen molar-refractivity contribution in [3.8, 4) is 0 Å². The number of hydrogen-bond donors (Lipinski definition) is 0. The van der Waals surface area contributed by atoms with Gasteiger partial charge in [0.05, 0.1) is 6.54 Å². The smallest absolute Gasteiger partial charge is 0.283 e. The molecule has 0 bridgehead atoms. The van der Waals surface area contributed by atoms with Gasteiger partial charge in [0.25, 0.3) is 5.78 Å². The summed E-state index contributed by atoms with van der Waals surface area (Å²) in [6.07, 6.45) is 3.14. The number of hydrazone groups is 1. The second kappa shape index (κ2) is 10.7. The maximum atomic E-state index is 13.3. The molecule has 0 spiro atoms. The molecule has 2 rings (SSSR count). The summed E-state index contributed by atoms with van der Waals surface area (Å²) in [5.41, 5.74) is 5.30. The van der Waals surface area contributed by atoms with Crippen LogP contribution < -0.4 is 0 Å². The molecule has 0 aliphatic heterocycles. The predicted molar refractivity (Wildman–Crippen MR) is 119 cm³/mol. The first-order valence-corrected chi connectivity index (χ1v) is 10.5. The highest BCUT2D eigenvalue weighted by atomic mass is 16.2. The number of ketones is 1. The topological polar surface area (TPSA) is 49.7 Å². The first-order valence-electron chi connectivity index (χ1n) is 10.5. The SMILES string of the molecule is CCCC(C)=NN(Cc1ccccc1)C(=O)C(=O)c1c(CC)cc(C)cc1CC. The standard InChI is InChI=1S/C25H32N2O2/c1-6-12-19(5)26-27(17-20-13-10-9-11-14-20)25(29)24(28)23-21(7-2)15-18(4)16-22(23)8-3/h9-11,13-16H,6-8,12,17H2,1-5H3. The summed E-state index contributed by atoms with van der Waals surface area (Å²) in [7, 11) is 0. The largest absolute Gasteiger partial charge is 0.315 e. The van der Waals surface area contributed by atoms with Crippen molar-refractivity contribution in [1.29, 1.82) is 0 Å². The number of Topliss-reactive ketones (excluding diaryl/α,β-unsaturated/α-hetero) is 1. The van der Waals surface area contributed by atoms with Gasteiger partial charge in [-0.2, -0.15) is 5.10 Å². The van der Waals surface area contributed by atoms with E-state index in [1.165, 1.54) is 5.01 Å². The highest BCUT2D eigenvalue weighted by Crippen LogP contribution is 2.21. The molecule has 0 heterocycles. The van der Waals surface area contributed by atoms with Crippen LogP contribution in [0.25, 0.3) is 0 Å². The van der Waals surface area contributed by atoms with Crippen molar-refractivity contribution in [2.24, 2.45) is 5.10 Å². The molecule has 0 atom stereocenters. The fourth-order valence-electron chi connectivity index (χ4n) is 3.54. The maximum absolute atomic E-state index is 13.3. The Labute approximate surface area is 174 Å². The van der Waals surface area contributed by atoms with Crippen LogP contribution in [-0.4, -0.2) is 22.4 Å². The number of benzene rings is 2. The molecule has 154 valence electrons. The van der Waals surface area contributed by atoms with E-state index in [0.717, 1.165) is 40.8 Å². The van der Waals surface area contributed by atoms with Crippen LogP contribution in [0.15, 0.2) is 47.6 Å². The first-order chi connectivity index (χ1) is 13.9. The van der Waals surface area contributed by atoms with Crippen LogP contribution in [-0.2, 0) is 24.2 Å². The Morgan fingerprint density at radius 1 is 0.966 bits per heavy atom. The highest BCUT2D eigenvalue weighted by Gasteiger charge is 2.27. The van der Waals surface area contributed by atoms with Crippen LogP contribution in [0.2, 0.25) is 0 Å². The molecule has 0 fully saturated rings. The molecule has 0 aliphatic carbocycles. The van der Waals surface area contributed by atoms with Crippen LogP contribution in [0.4, 0.5) is 0 Å². The zero-order valence-corrected chi connectivity index (χ0v) is 18.3. The van der Waals surface area contributed by atoms with Gasteiger partial charge in [-0.25, -0.2) is 5.01 Å². The van der Waals surface area contributed by atoms with Crippen LogP contribution in [0.3, 0.4) is 0 Å². The van der Waals surface area contributed by atoms with Gasteiger partial charge in [-0.15, -0.1) is 0 Å². The van der Waals surface area contributed by atoms with E-state index < -0.39 is 11.7 Å². The predicted octanol–water partition coefficient (Wildman–Crippen LogP) is 5.51. The average molecular weight is 393 g/mol. The summed E-state index contributed by atoms with van der Waals surface area (Å²) in [6, 6.07) is 13.7. The Morgan fingerprint density at radius 2 is 1.55 bits per heavy atom. The number of carbonyl (C=O) groups excluding carboxylic acids is 2. The average Bonchev–Trinajstić information content (AvgIpc) is 2.72. The minimum Gasteiger partial charge on any atom is -0.283 e. The van der Waals surface area contributed by atoms with Crippen molar-refractivity contribution in [2.75, 3.05) is 0 Å². The second-order valence-corrected chi connectivity index (χ2v) is 7.43. The number of aryl methyl sites for hydroxylation is 3. The molecular weight excluding hydrogens is 360 g/mol. The van der Waals surface area contributed by atoms with Crippen molar-refractivity contribution in [2.45, 2.75) is 66.8 Å². The number of nitrogens with zero attached hydrogens (tertiary/aromatic N) is 2. The zero-order chi connectivity index (χ0) is 21.4.